The number of benzene rings is 2. The molecule has 1 aliphatic heterocycles. The van der Waals surface area contributed by atoms with E-state index in [-0.39, 0.29) is 0 Å². The molecule has 1 saturated heterocycles. The van der Waals surface area contributed by atoms with E-state index in [2.05, 4.69) is 57.3 Å². The molecular formula is C24H28N4O. The molecule has 2 N–H and O–H groups in total. The molecular weight excluding hydrogens is 360 g/mol. The number of hydrogen-bond acceptors (Lipinski definition) is 5. The molecule has 5 heteroatoms. The van der Waals surface area contributed by atoms with Gasteiger partial charge in [0.15, 0.2) is 0 Å². The predicted octanol–water partition coefficient (Wildman–Crippen LogP) is 4.16. The van der Waals surface area contributed by atoms with Crippen molar-refractivity contribution in [3.05, 3.63) is 72.1 Å². The lowest BCUT2D eigenvalue weighted by atomic mass is 9.89. The van der Waals surface area contributed by atoms with Crippen molar-refractivity contribution in [1.82, 2.24) is 14.9 Å². The summed E-state index contributed by atoms with van der Waals surface area (Å²) in [5, 5.41) is 0. The van der Waals surface area contributed by atoms with Gasteiger partial charge in [0.05, 0.1) is 12.8 Å². The number of rotatable bonds is 6. The van der Waals surface area contributed by atoms with Gasteiger partial charge in [-0.2, -0.15) is 0 Å². The maximum atomic E-state index is 5.97. The number of hydrogen-bond donors (Lipinski definition) is 1. The zero-order valence-corrected chi connectivity index (χ0v) is 16.9. The van der Waals surface area contributed by atoms with Crippen LogP contribution in [-0.2, 0) is 6.42 Å². The third-order valence-electron chi connectivity index (χ3n) is 5.69. The number of aromatic nitrogens is 2. The maximum absolute atomic E-state index is 5.97. The van der Waals surface area contributed by atoms with Crippen LogP contribution in [0.25, 0.3) is 11.1 Å². The van der Waals surface area contributed by atoms with Crippen molar-refractivity contribution in [3.63, 3.8) is 0 Å². The number of nitrogen functional groups attached to an aromatic ring is 1. The molecule has 0 bridgehead atoms. The SMILES string of the molecule is COc1ccc(-c2cnc(N)nc2C2CCCN(CCc3ccccc3)C2)cc1. The fourth-order valence-corrected chi connectivity index (χ4v) is 4.13. The first-order valence-corrected chi connectivity index (χ1v) is 10.3. The van der Waals surface area contributed by atoms with E-state index in [1.165, 1.54) is 12.0 Å². The molecule has 4 rings (SSSR count). The smallest absolute Gasteiger partial charge is 0.220 e. The summed E-state index contributed by atoms with van der Waals surface area (Å²) in [6.07, 6.45) is 5.24. The summed E-state index contributed by atoms with van der Waals surface area (Å²) in [6, 6.07) is 18.8. The summed E-state index contributed by atoms with van der Waals surface area (Å²) in [4.78, 5) is 11.5. The first-order chi connectivity index (χ1) is 14.2. The first-order valence-electron chi connectivity index (χ1n) is 10.3. The van der Waals surface area contributed by atoms with Crippen molar-refractivity contribution >= 4 is 5.95 Å². The second-order valence-corrected chi connectivity index (χ2v) is 7.63. The largest absolute Gasteiger partial charge is 0.497 e. The molecule has 29 heavy (non-hydrogen) atoms. The monoisotopic (exact) mass is 388 g/mol. The van der Waals surface area contributed by atoms with Gasteiger partial charge in [-0.15, -0.1) is 0 Å². The minimum Gasteiger partial charge on any atom is -0.497 e. The highest BCUT2D eigenvalue weighted by Gasteiger charge is 2.25. The molecule has 1 atom stereocenters. The number of methoxy groups -OCH3 is 1. The average Bonchev–Trinajstić information content (AvgIpc) is 2.79. The third kappa shape index (κ3) is 4.74. The molecule has 5 nitrogen and oxygen atoms in total. The molecule has 3 aromatic rings. The molecule has 0 radical (unpaired) electrons. The quantitative estimate of drug-likeness (QED) is 0.687. The summed E-state index contributed by atoms with van der Waals surface area (Å²) in [5.41, 5.74) is 10.6. The molecule has 150 valence electrons. The van der Waals surface area contributed by atoms with Gasteiger partial charge in [-0.05, 0) is 49.1 Å². The highest BCUT2D eigenvalue weighted by atomic mass is 16.5. The van der Waals surface area contributed by atoms with E-state index >= 15 is 0 Å². The van der Waals surface area contributed by atoms with Gasteiger partial charge in [-0.25, -0.2) is 9.97 Å². The third-order valence-corrected chi connectivity index (χ3v) is 5.69. The highest BCUT2D eigenvalue weighted by Crippen LogP contribution is 2.34. The topological polar surface area (TPSA) is 64.3 Å². The summed E-state index contributed by atoms with van der Waals surface area (Å²) in [6.45, 7) is 3.22. The van der Waals surface area contributed by atoms with Gasteiger partial charge >= 0.3 is 0 Å². The van der Waals surface area contributed by atoms with Crippen LogP contribution in [0, 0.1) is 0 Å². The standard InChI is InChI=1S/C24H28N4O/c1-29-21-11-9-19(10-12-21)22-16-26-24(25)27-23(22)20-8-5-14-28(17-20)15-13-18-6-3-2-4-7-18/h2-4,6-7,9-12,16,20H,5,8,13-15,17H2,1H3,(H2,25,26,27). The van der Waals surface area contributed by atoms with E-state index < -0.39 is 0 Å². The Labute approximate surface area is 172 Å². The number of anilines is 1. The minimum absolute atomic E-state index is 0.346. The van der Waals surface area contributed by atoms with E-state index in [4.69, 9.17) is 10.5 Å². The van der Waals surface area contributed by atoms with Crippen LogP contribution in [0.5, 0.6) is 5.75 Å². The van der Waals surface area contributed by atoms with Crippen molar-refractivity contribution in [3.8, 4) is 16.9 Å². The Balaban J connectivity index is 1.52. The van der Waals surface area contributed by atoms with Gasteiger partial charge in [0, 0.05) is 30.8 Å². The van der Waals surface area contributed by atoms with E-state index in [1.807, 2.05) is 18.3 Å². The van der Waals surface area contributed by atoms with Crippen molar-refractivity contribution < 1.29 is 4.74 Å². The normalized spacial score (nSPS) is 17.2. The van der Waals surface area contributed by atoms with Crippen LogP contribution >= 0.6 is 0 Å². The van der Waals surface area contributed by atoms with E-state index in [0.29, 0.717) is 11.9 Å². The van der Waals surface area contributed by atoms with Crippen LogP contribution in [0.2, 0.25) is 0 Å². The summed E-state index contributed by atoms with van der Waals surface area (Å²) in [7, 11) is 1.68. The van der Waals surface area contributed by atoms with Crippen molar-refractivity contribution in [2.45, 2.75) is 25.2 Å². The fraction of sp³-hybridized carbons (Fsp3) is 0.333. The molecule has 0 saturated carbocycles. The van der Waals surface area contributed by atoms with Gasteiger partial charge in [0.1, 0.15) is 5.75 Å². The van der Waals surface area contributed by atoms with E-state index in [1.54, 1.807) is 7.11 Å². The number of piperidine rings is 1. The Kier molecular flexibility index (Phi) is 6.06. The molecule has 1 aliphatic rings. The minimum atomic E-state index is 0.346. The Morgan fingerprint density at radius 3 is 2.66 bits per heavy atom. The Morgan fingerprint density at radius 2 is 1.90 bits per heavy atom. The molecule has 2 heterocycles. The maximum Gasteiger partial charge on any atom is 0.220 e. The van der Waals surface area contributed by atoms with Crippen molar-refractivity contribution in [2.24, 2.45) is 0 Å². The van der Waals surface area contributed by atoms with Gasteiger partial charge in [0.25, 0.3) is 0 Å². The van der Waals surface area contributed by atoms with Gasteiger partial charge in [-0.3, -0.25) is 0 Å². The van der Waals surface area contributed by atoms with Crippen LogP contribution in [0.15, 0.2) is 60.8 Å². The van der Waals surface area contributed by atoms with Gasteiger partial charge in [-0.1, -0.05) is 42.5 Å². The summed E-state index contributed by atoms with van der Waals surface area (Å²) in [5.74, 6) is 1.55. The fourth-order valence-electron chi connectivity index (χ4n) is 4.13. The van der Waals surface area contributed by atoms with Crippen LogP contribution in [0.3, 0.4) is 0 Å². The number of ether oxygens (including phenoxy) is 1. The Hall–Kier alpha value is -2.92. The predicted molar refractivity (Wildman–Crippen MR) is 117 cm³/mol. The number of nitrogens with zero attached hydrogens (tertiary/aromatic N) is 3. The molecule has 1 aromatic heterocycles. The second kappa shape index (κ2) is 9.05. The zero-order chi connectivity index (χ0) is 20.1. The number of likely N-dealkylation sites (tertiary alicyclic amines) is 1. The molecule has 0 amide bonds. The Morgan fingerprint density at radius 1 is 1.10 bits per heavy atom. The summed E-state index contributed by atoms with van der Waals surface area (Å²) >= 11 is 0. The second-order valence-electron chi connectivity index (χ2n) is 7.63. The molecule has 0 spiro atoms. The Bertz CT molecular complexity index is 927. The van der Waals surface area contributed by atoms with Gasteiger partial charge < -0.3 is 15.4 Å². The molecule has 1 fully saturated rings. The first kappa shape index (κ1) is 19.4. The van der Waals surface area contributed by atoms with Crippen LogP contribution < -0.4 is 10.5 Å². The number of nitrogens with two attached hydrogens (primary N) is 1. The zero-order valence-electron chi connectivity index (χ0n) is 16.9. The lowest BCUT2D eigenvalue weighted by Gasteiger charge is -2.33. The van der Waals surface area contributed by atoms with E-state index in [9.17, 15) is 0 Å². The molecule has 1 unspecified atom stereocenters. The van der Waals surface area contributed by atoms with Gasteiger partial charge in [0.2, 0.25) is 5.95 Å². The van der Waals surface area contributed by atoms with Crippen LogP contribution in [-0.4, -0.2) is 41.6 Å². The van der Waals surface area contributed by atoms with Crippen LogP contribution in [0.1, 0.15) is 30.0 Å². The average molecular weight is 389 g/mol. The van der Waals surface area contributed by atoms with E-state index in [0.717, 1.165) is 55.0 Å². The summed E-state index contributed by atoms with van der Waals surface area (Å²) < 4.78 is 5.29. The van der Waals surface area contributed by atoms with Crippen molar-refractivity contribution in [1.29, 1.82) is 0 Å². The molecule has 2 aromatic carbocycles. The highest BCUT2D eigenvalue weighted by molar-refractivity contribution is 5.67. The lowest BCUT2D eigenvalue weighted by Crippen LogP contribution is -2.36. The van der Waals surface area contributed by atoms with Crippen molar-refractivity contribution in [2.75, 3.05) is 32.5 Å². The lowest BCUT2D eigenvalue weighted by molar-refractivity contribution is 0.208. The van der Waals surface area contributed by atoms with Crippen LogP contribution in [0.4, 0.5) is 5.95 Å². The molecule has 0 aliphatic carbocycles.